The molecule has 0 radical (unpaired) electrons. The SMILES string of the molecule is Cc1ncnc2c1ccn2[C@@H]1O[C@H]([C@H](C)c2cccc3c2CNCC3)[C@@](C)(O)[C@H]1O. The second-order valence-electron chi connectivity index (χ2n) is 8.74. The van der Waals surface area contributed by atoms with Crippen LogP contribution < -0.4 is 5.32 Å². The van der Waals surface area contributed by atoms with Crippen molar-refractivity contribution in [1.82, 2.24) is 19.9 Å². The van der Waals surface area contributed by atoms with E-state index in [2.05, 4.69) is 40.4 Å². The third-order valence-corrected chi connectivity index (χ3v) is 6.84. The summed E-state index contributed by atoms with van der Waals surface area (Å²) >= 11 is 0. The number of aliphatic hydroxyl groups is 2. The predicted octanol–water partition coefficient (Wildman–Crippen LogP) is 2.20. The molecule has 0 saturated carbocycles. The van der Waals surface area contributed by atoms with Crippen molar-refractivity contribution in [3.05, 3.63) is 59.2 Å². The summed E-state index contributed by atoms with van der Waals surface area (Å²) in [6.07, 6.45) is 1.98. The fraction of sp³-hybridized carbons (Fsp3) is 0.478. The number of benzene rings is 1. The molecule has 1 aromatic carbocycles. The highest BCUT2D eigenvalue weighted by Crippen LogP contribution is 2.45. The van der Waals surface area contributed by atoms with Gasteiger partial charge in [0.1, 0.15) is 23.7 Å². The van der Waals surface area contributed by atoms with Crippen LogP contribution in [0.2, 0.25) is 0 Å². The lowest BCUT2D eigenvalue weighted by Crippen LogP contribution is -2.46. The number of hydrogen-bond donors (Lipinski definition) is 3. The summed E-state index contributed by atoms with van der Waals surface area (Å²) < 4.78 is 8.17. The molecule has 5 rings (SSSR count). The van der Waals surface area contributed by atoms with Crippen molar-refractivity contribution in [3.63, 3.8) is 0 Å². The topological polar surface area (TPSA) is 92.4 Å². The molecule has 3 N–H and O–H groups in total. The molecule has 2 aliphatic heterocycles. The first-order valence-electron chi connectivity index (χ1n) is 10.5. The Bertz CT molecular complexity index is 1090. The lowest BCUT2D eigenvalue weighted by atomic mass is 9.80. The number of ether oxygens (including phenoxy) is 1. The molecule has 5 atom stereocenters. The number of aliphatic hydroxyl groups excluding tert-OH is 1. The lowest BCUT2D eigenvalue weighted by molar-refractivity contribution is -0.0705. The number of nitrogens with one attached hydrogen (secondary N) is 1. The van der Waals surface area contributed by atoms with Gasteiger partial charge >= 0.3 is 0 Å². The van der Waals surface area contributed by atoms with E-state index in [-0.39, 0.29) is 5.92 Å². The van der Waals surface area contributed by atoms with Crippen molar-refractivity contribution >= 4 is 11.0 Å². The second kappa shape index (κ2) is 7.13. The average molecular weight is 409 g/mol. The molecule has 0 aliphatic carbocycles. The first-order valence-corrected chi connectivity index (χ1v) is 10.5. The minimum absolute atomic E-state index is 0.0901. The van der Waals surface area contributed by atoms with Crippen LogP contribution in [0.1, 0.15) is 48.4 Å². The van der Waals surface area contributed by atoms with Gasteiger partial charge in [-0.1, -0.05) is 25.1 Å². The quantitative estimate of drug-likeness (QED) is 0.615. The molecule has 2 aliphatic rings. The van der Waals surface area contributed by atoms with Crippen molar-refractivity contribution < 1.29 is 14.9 Å². The van der Waals surface area contributed by atoms with Crippen LogP contribution in [0, 0.1) is 6.92 Å². The maximum atomic E-state index is 11.3. The maximum absolute atomic E-state index is 11.3. The van der Waals surface area contributed by atoms with Gasteiger partial charge in [-0.2, -0.15) is 0 Å². The molecule has 158 valence electrons. The summed E-state index contributed by atoms with van der Waals surface area (Å²) in [7, 11) is 0. The van der Waals surface area contributed by atoms with Crippen LogP contribution >= 0.6 is 0 Å². The fourth-order valence-electron chi connectivity index (χ4n) is 5.09. The Kier molecular flexibility index (Phi) is 4.67. The molecule has 0 bridgehead atoms. The van der Waals surface area contributed by atoms with E-state index in [0.717, 1.165) is 36.2 Å². The van der Waals surface area contributed by atoms with E-state index >= 15 is 0 Å². The van der Waals surface area contributed by atoms with Gasteiger partial charge < -0.3 is 24.8 Å². The Balaban J connectivity index is 1.52. The Labute approximate surface area is 175 Å². The van der Waals surface area contributed by atoms with Gasteiger partial charge in [0.2, 0.25) is 0 Å². The van der Waals surface area contributed by atoms with E-state index in [1.165, 1.54) is 17.5 Å². The zero-order valence-corrected chi connectivity index (χ0v) is 17.5. The Morgan fingerprint density at radius 3 is 2.97 bits per heavy atom. The van der Waals surface area contributed by atoms with Gasteiger partial charge in [0.05, 0.1) is 11.8 Å². The van der Waals surface area contributed by atoms with Crippen LogP contribution in [0.25, 0.3) is 11.0 Å². The van der Waals surface area contributed by atoms with Crippen molar-refractivity contribution in [2.45, 2.75) is 63.7 Å². The number of rotatable bonds is 3. The molecule has 0 spiro atoms. The molecule has 2 aromatic heterocycles. The van der Waals surface area contributed by atoms with Crippen LogP contribution in [0.5, 0.6) is 0 Å². The van der Waals surface area contributed by atoms with Gasteiger partial charge in [-0.3, -0.25) is 0 Å². The first-order chi connectivity index (χ1) is 14.4. The van der Waals surface area contributed by atoms with Gasteiger partial charge in [0.25, 0.3) is 0 Å². The Morgan fingerprint density at radius 1 is 1.30 bits per heavy atom. The lowest BCUT2D eigenvalue weighted by Gasteiger charge is -2.32. The standard InChI is InChI=1S/C23H28N4O3/c1-13(16-6-4-5-15-7-9-24-11-18(15)16)20-23(3,29)19(28)22(30-20)27-10-8-17-14(2)25-12-26-21(17)27/h4-6,8,10,12-13,19-20,22,24,28-29H,7,9,11H2,1-3H3/t13-,19+,20-,22-,23+/m1/s1. The molecular weight excluding hydrogens is 380 g/mol. The largest absolute Gasteiger partial charge is 0.385 e. The molecule has 4 heterocycles. The summed E-state index contributed by atoms with van der Waals surface area (Å²) in [6.45, 7) is 7.45. The van der Waals surface area contributed by atoms with Gasteiger partial charge in [-0.15, -0.1) is 0 Å². The number of fused-ring (bicyclic) bond motifs is 2. The predicted molar refractivity (Wildman–Crippen MR) is 113 cm³/mol. The molecule has 7 heteroatoms. The second-order valence-corrected chi connectivity index (χ2v) is 8.74. The van der Waals surface area contributed by atoms with Gasteiger partial charge in [-0.05, 0) is 49.6 Å². The van der Waals surface area contributed by atoms with Crippen LogP contribution in [0.3, 0.4) is 0 Å². The van der Waals surface area contributed by atoms with Crippen LogP contribution in [0.4, 0.5) is 0 Å². The van der Waals surface area contributed by atoms with E-state index in [0.29, 0.717) is 5.65 Å². The smallest absolute Gasteiger partial charge is 0.164 e. The summed E-state index contributed by atoms with van der Waals surface area (Å²) in [4.78, 5) is 8.62. The van der Waals surface area contributed by atoms with E-state index in [4.69, 9.17) is 4.74 Å². The highest BCUT2D eigenvalue weighted by Gasteiger charge is 2.55. The van der Waals surface area contributed by atoms with E-state index in [1.54, 1.807) is 11.5 Å². The van der Waals surface area contributed by atoms with Gasteiger partial charge in [0, 0.05) is 24.0 Å². The molecule has 1 fully saturated rings. The van der Waals surface area contributed by atoms with Crippen LogP contribution in [0.15, 0.2) is 36.8 Å². The molecule has 0 amide bonds. The van der Waals surface area contributed by atoms with Crippen molar-refractivity contribution in [2.24, 2.45) is 0 Å². The zero-order valence-electron chi connectivity index (χ0n) is 17.5. The van der Waals surface area contributed by atoms with E-state index in [9.17, 15) is 10.2 Å². The number of aryl methyl sites for hydroxylation is 1. The minimum atomic E-state index is -1.41. The summed E-state index contributed by atoms with van der Waals surface area (Å²) in [6, 6.07) is 8.28. The minimum Gasteiger partial charge on any atom is -0.385 e. The fourth-order valence-corrected chi connectivity index (χ4v) is 5.09. The average Bonchev–Trinajstić information content (AvgIpc) is 3.27. The van der Waals surface area contributed by atoms with Crippen molar-refractivity contribution in [2.75, 3.05) is 6.54 Å². The molecule has 30 heavy (non-hydrogen) atoms. The Morgan fingerprint density at radius 2 is 2.13 bits per heavy atom. The van der Waals surface area contributed by atoms with E-state index in [1.807, 2.05) is 19.2 Å². The zero-order chi connectivity index (χ0) is 21.0. The summed E-state index contributed by atoms with van der Waals surface area (Å²) in [5.74, 6) is -0.0901. The monoisotopic (exact) mass is 408 g/mol. The third kappa shape index (κ3) is 2.88. The Hall–Kier alpha value is -2.32. The normalized spacial score (nSPS) is 29.8. The number of nitrogens with zero attached hydrogens (tertiary/aromatic N) is 3. The van der Waals surface area contributed by atoms with Gasteiger partial charge in [-0.25, -0.2) is 9.97 Å². The molecule has 7 nitrogen and oxygen atoms in total. The summed E-state index contributed by atoms with van der Waals surface area (Å²) in [5.41, 5.74) is 3.93. The number of hydrogen-bond acceptors (Lipinski definition) is 6. The molecular formula is C23H28N4O3. The third-order valence-electron chi connectivity index (χ3n) is 6.84. The highest BCUT2D eigenvalue weighted by molar-refractivity contribution is 5.78. The highest BCUT2D eigenvalue weighted by atomic mass is 16.6. The van der Waals surface area contributed by atoms with Crippen molar-refractivity contribution in [3.8, 4) is 0 Å². The molecule has 0 unspecified atom stereocenters. The summed E-state index contributed by atoms with van der Waals surface area (Å²) in [5, 5.41) is 26.7. The van der Waals surface area contributed by atoms with E-state index < -0.39 is 24.0 Å². The van der Waals surface area contributed by atoms with Crippen molar-refractivity contribution in [1.29, 1.82) is 0 Å². The molecule has 3 aromatic rings. The van der Waals surface area contributed by atoms with Crippen LogP contribution in [-0.4, -0.2) is 49.1 Å². The number of aromatic nitrogens is 3. The van der Waals surface area contributed by atoms with Crippen LogP contribution in [-0.2, 0) is 17.7 Å². The first kappa shape index (κ1) is 19.6. The van der Waals surface area contributed by atoms with Gasteiger partial charge in [0.15, 0.2) is 6.23 Å². The maximum Gasteiger partial charge on any atom is 0.164 e. The molecule has 1 saturated heterocycles.